The molecule has 1 fully saturated rings. The molecule has 0 radical (unpaired) electrons. The van der Waals surface area contributed by atoms with Crippen LogP contribution < -0.4 is 11.1 Å². The van der Waals surface area contributed by atoms with Gasteiger partial charge in [-0.2, -0.15) is 0 Å². The van der Waals surface area contributed by atoms with Crippen molar-refractivity contribution >= 4 is 29.8 Å². The molecule has 3 N–H and O–H groups in total. The Labute approximate surface area is 159 Å². The number of anilines is 1. The van der Waals surface area contributed by atoms with Crippen molar-refractivity contribution < 1.29 is 4.79 Å². The van der Waals surface area contributed by atoms with Crippen molar-refractivity contribution in [2.75, 3.05) is 18.4 Å². The van der Waals surface area contributed by atoms with Crippen molar-refractivity contribution in [3.05, 3.63) is 65.2 Å². The van der Waals surface area contributed by atoms with Crippen molar-refractivity contribution in [3.63, 3.8) is 0 Å². The van der Waals surface area contributed by atoms with Gasteiger partial charge in [0.15, 0.2) is 0 Å². The lowest BCUT2D eigenvalue weighted by atomic mass is 9.93. The maximum Gasteiger partial charge on any atom is 0.253 e. The number of nitrogens with two attached hydrogens (primary N) is 1. The van der Waals surface area contributed by atoms with Crippen LogP contribution in [0, 0.1) is 6.92 Å². The lowest BCUT2D eigenvalue weighted by Crippen LogP contribution is -2.52. The van der Waals surface area contributed by atoms with Crippen LogP contribution in [0.1, 0.15) is 34.3 Å². The molecule has 1 amide bonds. The number of nitrogens with one attached hydrogen (secondary N) is 1. The van der Waals surface area contributed by atoms with Gasteiger partial charge in [0.05, 0.1) is 0 Å². The van der Waals surface area contributed by atoms with Gasteiger partial charge in [-0.25, -0.2) is 4.99 Å². The number of fused-ring (bicyclic) bond motifs is 1. The molecule has 1 spiro atoms. The fraction of sp³-hybridized carbons (Fsp3) is 0.300. The van der Waals surface area contributed by atoms with E-state index in [-0.39, 0.29) is 18.3 Å². The van der Waals surface area contributed by atoms with Crippen molar-refractivity contribution in [2.45, 2.75) is 25.4 Å². The molecule has 2 aliphatic heterocycles. The summed E-state index contributed by atoms with van der Waals surface area (Å²) in [4.78, 5) is 19.4. The van der Waals surface area contributed by atoms with Gasteiger partial charge in [0.1, 0.15) is 11.5 Å². The number of carbonyl (C=O) groups excluding carboxylic acids is 1. The lowest BCUT2D eigenvalue weighted by molar-refractivity contribution is 0.0685. The number of halogens is 1. The molecule has 2 aromatic rings. The highest BCUT2D eigenvalue weighted by molar-refractivity contribution is 6.04. The number of piperidine rings is 1. The first-order valence-corrected chi connectivity index (χ1v) is 8.65. The van der Waals surface area contributed by atoms with Crippen LogP contribution in [-0.4, -0.2) is 35.4 Å². The Kier molecular flexibility index (Phi) is 4.92. The monoisotopic (exact) mass is 370 g/mol. The second-order valence-electron chi connectivity index (χ2n) is 6.86. The van der Waals surface area contributed by atoms with Crippen molar-refractivity contribution in [1.29, 1.82) is 0 Å². The highest BCUT2D eigenvalue weighted by atomic mass is 35.5. The Morgan fingerprint density at radius 1 is 1.15 bits per heavy atom. The van der Waals surface area contributed by atoms with Gasteiger partial charge in [0, 0.05) is 42.7 Å². The Balaban J connectivity index is 0.00000196. The lowest BCUT2D eigenvalue weighted by Gasteiger charge is -2.42. The predicted molar refractivity (Wildman–Crippen MR) is 107 cm³/mol. The number of likely N-dealkylation sites (tertiary alicyclic amines) is 1. The van der Waals surface area contributed by atoms with E-state index >= 15 is 0 Å². The molecule has 6 heteroatoms. The molecule has 0 saturated carbocycles. The number of rotatable bonds is 1. The summed E-state index contributed by atoms with van der Waals surface area (Å²) in [5.74, 6) is 0.666. The standard InChI is InChI=1S/C20H22N4O.ClH/c1-14-5-4-6-15(13-14)19(25)24-11-9-20(10-12-24)22-17-8-3-2-7-16(17)18(21)23-20;/h2-8,13,22H,9-12H2,1H3,(H2,21,23);1H. The van der Waals surface area contributed by atoms with Crippen molar-refractivity contribution in [2.24, 2.45) is 10.7 Å². The van der Waals surface area contributed by atoms with Gasteiger partial charge in [-0.3, -0.25) is 4.79 Å². The highest BCUT2D eigenvalue weighted by Crippen LogP contribution is 2.34. The van der Waals surface area contributed by atoms with Crippen LogP contribution in [-0.2, 0) is 0 Å². The molecule has 0 atom stereocenters. The zero-order valence-corrected chi connectivity index (χ0v) is 15.6. The summed E-state index contributed by atoms with van der Waals surface area (Å²) in [6.45, 7) is 3.33. The number of aliphatic imine (C=N–C) groups is 1. The molecule has 2 aromatic carbocycles. The normalized spacial score (nSPS) is 17.6. The smallest absolute Gasteiger partial charge is 0.253 e. The topological polar surface area (TPSA) is 70.7 Å². The molecule has 2 aliphatic rings. The third-order valence-corrected chi connectivity index (χ3v) is 5.05. The average Bonchev–Trinajstić information content (AvgIpc) is 2.62. The van der Waals surface area contributed by atoms with Gasteiger partial charge in [-0.05, 0) is 31.2 Å². The minimum Gasteiger partial charge on any atom is -0.383 e. The number of hydrogen-bond acceptors (Lipinski definition) is 4. The maximum atomic E-state index is 12.7. The van der Waals surface area contributed by atoms with E-state index in [1.165, 1.54) is 0 Å². The minimum atomic E-state index is -0.401. The van der Waals surface area contributed by atoms with E-state index in [0.717, 1.165) is 35.2 Å². The van der Waals surface area contributed by atoms with Crippen LogP contribution in [0.5, 0.6) is 0 Å². The van der Waals surface area contributed by atoms with Crippen LogP contribution in [0.4, 0.5) is 5.69 Å². The third-order valence-electron chi connectivity index (χ3n) is 5.05. The number of benzene rings is 2. The van der Waals surface area contributed by atoms with Crippen LogP contribution >= 0.6 is 12.4 Å². The van der Waals surface area contributed by atoms with E-state index in [9.17, 15) is 4.79 Å². The van der Waals surface area contributed by atoms with Crippen molar-refractivity contribution in [3.8, 4) is 0 Å². The summed E-state index contributed by atoms with van der Waals surface area (Å²) >= 11 is 0. The van der Waals surface area contributed by atoms with Crippen molar-refractivity contribution in [1.82, 2.24) is 4.90 Å². The van der Waals surface area contributed by atoms with E-state index in [2.05, 4.69) is 5.32 Å². The first-order chi connectivity index (χ1) is 12.1. The summed E-state index contributed by atoms with van der Waals surface area (Å²) < 4.78 is 0. The molecular weight excluding hydrogens is 348 g/mol. The fourth-order valence-corrected chi connectivity index (χ4v) is 3.66. The number of aryl methyl sites for hydroxylation is 1. The Bertz CT molecular complexity index is 856. The van der Waals surface area contributed by atoms with Gasteiger partial charge < -0.3 is 16.0 Å². The predicted octanol–water partition coefficient (Wildman–Crippen LogP) is 3.18. The minimum absolute atomic E-state index is 0. The molecule has 0 bridgehead atoms. The number of hydrogen-bond donors (Lipinski definition) is 2. The zero-order chi connectivity index (χ0) is 17.4. The molecule has 0 unspecified atom stereocenters. The maximum absolute atomic E-state index is 12.7. The Morgan fingerprint density at radius 2 is 1.88 bits per heavy atom. The summed E-state index contributed by atoms with van der Waals surface area (Å²) in [5.41, 5.74) is 9.60. The fourth-order valence-electron chi connectivity index (χ4n) is 3.66. The molecule has 136 valence electrons. The van der Waals surface area contributed by atoms with E-state index < -0.39 is 5.66 Å². The van der Waals surface area contributed by atoms with Gasteiger partial charge >= 0.3 is 0 Å². The molecule has 4 rings (SSSR count). The Hall–Kier alpha value is -2.53. The van der Waals surface area contributed by atoms with E-state index in [1.807, 2.05) is 60.4 Å². The van der Waals surface area contributed by atoms with E-state index in [4.69, 9.17) is 10.7 Å². The number of amides is 1. The van der Waals surface area contributed by atoms with Crippen LogP contribution in [0.2, 0.25) is 0 Å². The van der Waals surface area contributed by atoms with E-state index in [0.29, 0.717) is 18.9 Å². The van der Waals surface area contributed by atoms with Crippen LogP contribution in [0.25, 0.3) is 0 Å². The Morgan fingerprint density at radius 3 is 2.62 bits per heavy atom. The molecule has 0 aliphatic carbocycles. The molecule has 5 nitrogen and oxygen atoms in total. The zero-order valence-electron chi connectivity index (χ0n) is 14.7. The van der Waals surface area contributed by atoms with Gasteiger partial charge in [-0.15, -0.1) is 12.4 Å². The molecule has 2 heterocycles. The third kappa shape index (κ3) is 3.27. The van der Waals surface area contributed by atoms with Crippen LogP contribution in [0.3, 0.4) is 0 Å². The number of nitrogens with zero attached hydrogens (tertiary/aromatic N) is 2. The summed E-state index contributed by atoms with van der Waals surface area (Å²) in [7, 11) is 0. The number of carbonyl (C=O) groups is 1. The summed E-state index contributed by atoms with van der Waals surface area (Å²) in [5, 5.41) is 3.55. The first-order valence-electron chi connectivity index (χ1n) is 8.65. The number of para-hydroxylation sites is 1. The SMILES string of the molecule is Cc1cccc(C(=O)N2CCC3(CC2)N=C(N)c2ccccc2N3)c1.Cl. The second kappa shape index (κ2) is 7.00. The van der Waals surface area contributed by atoms with Crippen LogP contribution in [0.15, 0.2) is 53.5 Å². The average molecular weight is 371 g/mol. The molecule has 26 heavy (non-hydrogen) atoms. The summed E-state index contributed by atoms with van der Waals surface area (Å²) in [6, 6.07) is 15.7. The highest BCUT2D eigenvalue weighted by Gasteiger charge is 2.38. The van der Waals surface area contributed by atoms with Gasteiger partial charge in [0.2, 0.25) is 0 Å². The summed E-state index contributed by atoms with van der Waals surface area (Å²) in [6.07, 6.45) is 1.50. The van der Waals surface area contributed by atoms with Gasteiger partial charge in [-0.1, -0.05) is 29.8 Å². The second-order valence-corrected chi connectivity index (χ2v) is 6.86. The molecule has 0 aromatic heterocycles. The first kappa shape index (κ1) is 18.3. The van der Waals surface area contributed by atoms with Gasteiger partial charge in [0.25, 0.3) is 5.91 Å². The van der Waals surface area contributed by atoms with E-state index in [1.54, 1.807) is 0 Å². The molecule has 1 saturated heterocycles. The quantitative estimate of drug-likeness (QED) is 0.809. The molecular formula is C20H23ClN4O. The largest absolute Gasteiger partial charge is 0.383 e. The number of amidine groups is 1.